The van der Waals surface area contributed by atoms with E-state index in [1.54, 1.807) is 0 Å². The molecule has 0 saturated carbocycles. The lowest BCUT2D eigenvalue weighted by Crippen LogP contribution is -2.30. The maximum atomic E-state index is 12.8. The van der Waals surface area contributed by atoms with E-state index >= 15 is 0 Å². The van der Waals surface area contributed by atoms with Crippen molar-refractivity contribution in [1.29, 1.82) is 0 Å². The molecule has 0 aliphatic heterocycles. The van der Waals surface area contributed by atoms with Crippen molar-refractivity contribution >= 4 is 17.9 Å². The molecule has 0 N–H and O–H groups in total. The third-order valence-corrected chi connectivity index (χ3v) is 10.8. The maximum Gasteiger partial charge on any atom is 0.306 e. The first-order valence-corrected chi connectivity index (χ1v) is 25.1. The molecule has 0 spiro atoms. The molecule has 0 fully saturated rings. The van der Waals surface area contributed by atoms with Gasteiger partial charge in [0.05, 0.1) is 0 Å². The highest BCUT2D eigenvalue weighted by atomic mass is 16.6. The topological polar surface area (TPSA) is 78.9 Å². The molecule has 6 heteroatoms. The molecule has 0 bridgehead atoms. The van der Waals surface area contributed by atoms with E-state index in [1.807, 2.05) is 6.08 Å². The molecule has 1 atom stereocenters. The number of unbranched alkanes of at least 4 members (excludes halogenated alkanes) is 26. The summed E-state index contributed by atoms with van der Waals surface area (Å²) in [4.78, 5) is 37.8. The van der Waals surface area contributed by atoms with Crippen LogP contribution in [0.3, 0.4) is 0 Å². The smallest absolute Gasteiger partial charge is 0.306 e. The summed E-state index contributed by atoms with van der Waals surface area (Å²) >= 11 is 0. The molecular formula is C53H94O6. The van der Waals surface area contributed by atoms with Gasteiger partial charge in [0.15, 0.2) is 6.10 Å². The Morgan fingerprint density at radius 2 is 0.644 bits per heavy atom. The number of carbonyl (C=O) groups is 3. The van der Waals surface area contributed by atoms with E-state index in [0.29, 0.717) is 19.3 Å². The third kappa shape index (κ3) is 46.3. The summed E-state index contributed by atoms with van der Waals surface area (Å²) in [5.41, 5.74) is 0. The fourth-order valence-corrected chi connectivity index (χ4v) is 6.95. The van der Waals surface area contributed by atoms with Crippen molar-refractivity contribution in [3.8, 4) is 0 Å². The van der Waals surface area contributed by atoms with Gasteiger partial charge in [-0.25, -0.2) is 0 Å². The largest absolute Gasteiger partial charge is 0.462 e. The highest BCUT2D eigenvalue weighted by molar-refractivity contribution is 5.71. The second kappa shape index (κ2) is 48.0. The van der Waals surface area contributed by atoms with Crippen LogP contribution >= 0.6 is 0 Å². The molecule has 0 aromatic heterocycles. The molecule has 0 radical (unpaired) electrons. The van der Waals surface area contributed by atoms with E-state index in [9.17, 15) is 14.4 Å². The number of hydrogen-bond acceptors (Lipinski definition) is 6. The molecule has 59 heavy (non-hydrogen) atoms. The number of esters is 3. The summed E-state index contributed by atoms with van der Waals surface area (Å²) in [6.45, 7) is 6.54. The number of carbonyl (C=O) groups excluding carboxylic acids is 3. The fraction of sp³-hybridized carbons (Fsp3) is 0.792. The van der Waals surface area contributed by atoms with E-state index in [2.05, 4.69) is 63.3 Å². The lowest BCUT2D eigenvalue weighted by atomic mass is 10.1. The Balaban J connectivity index is 4.48. The van der Waals surface area contributed by atoms with E-state index < -0.39 is 6.10 Å². The summed E-state index contributed by atoms with van der Waals surface area (Å²) in [6, 6.07) is 0. The first-order valence-electron chi connectivity index (χ1n) is 25.1. The standard InChI is InChI=1S/C53H94O6/c1-4-7-10-13-16-19-22-25-28-31-34-37-40-43-46-52(55)58-49-50(48-57-51(54)45-42-39-36-33-30-27-24-21-18-15-12-9-6-3)59-53(56)47-44-41-38-35-32-29-26-23-20-17-14-11-8-5-2/h27-32,36,39,50H,4-26,33-35,37-38,40-49H2,1-3H3/b30-27-,31-28-,32-29-,39-36-. The van der Waals surface area contributed by atoms with Crippen LogP contribution in [0, 0.1) is 0 Å². The highest BCUT2D eigenvalue weighted by Gasteiger charge is 2.19. The SMILES string of the molecule is CCCCCCCC/C=C\C/C=C\CCC(=O)OCC(COC(=O)CCCCC/C=C\CCCCCCCCC)OC(=O)CCCCC/C=C\CCCCCCCCC. The zero-order valence-corrected chi connectivity index (χ0v) is 39.0. The Labute approximate surface area is 365 Å². The van der Waals surface area contributed by atoms with Crippen molar-refractivity contribution in [3.63, 3.8) is 0 Å². The van der Waals surface area contributed by atoms with Crippen molar-refractivity contribution < 1.29 is 28.6 Å². The van der Waals surface area contributed by atoms with Crippen molar-refractivity contribution in [1.82, 2.24) is 0 Å². The van der Waals surface area contributed by atoms with Gasteiger partial charge in [-0.15, -0.1) is 0 Å². The minimum Gasteiger partial charge on any atom is -0.462 e. The van der Waals surface area contributed by atoms with Gasteiger partial charge in [0, 0.05) is 19.3 Å². The number of allylic oxidation sites excluding steroid dienone is 8. The zero-order valence-electron chi connectivity index (χ0n) is 39.0. The first kappa shape index (κ1) is 56.4. The Morgan fingerprint density at radius 3 is 1.05 bits per heavy atom. The van der Waals surface area contributed by atoms with Crippen molar-refractivity contribution in [2.24, 2.45) is 0 Å². The maximum absolute atomic E-state index is 12.8. The lowest BCUT2D eigenvalue weighted by Gasteiger charge is -2.18. The molecule has 0 aromatic rings. The number of ether oxygens (including phenoxy) is 3. The summed E-state index contributed by atoms with van der Waals surface area (Å²) in [5.74, 6) is -1.00. The van der Waals surface area contributed by atoms with E-state index in [-0.39, 0.29) is 37.5 Å². The van der Waals surface area contributed by atoms with Crippen LogP contribution in [0.15, 0.2) is 48.6 Å². The van der Waals surface area contributed by atoms with Crippen LogP contribution in [0.1, 0.15) is 252 Å². The molecule has 6 nitrogen and oxygen atoms in total. The van der Waals surface area contributed by atoms with Gasteiger partial charge in [-0.2, -0.15) is 0 Å². The monoisotopic (exact) mass is 827 g/mol. The van der Waals surface area contributed by atoms with Gasteiger partial charge >= 0.3 is 17.9 Å². The lowest BCUT2D eigenvalue weighted by molar-refractivity contribution is -0.166. The molecule has 0 aromatic carbocycles. The normalized spacial score (nSPS) is 12.4. The molecule has 0 saturated heterocycles. The zero-order chi connectivity index (χ0) is 43.0. The van der Waals surface area contributed by atoms with Gasteiger partial charge in [-0.3, -0.25) is 14.4 Å². The summed E-state index contributed by atoms with van der Waals surface area (Å²) in [7, 11) is 0. The molecule has 0 amide bonds. The van der Waals surface area contributed by atoms with Crippen molar-refractivity contribution in [3.05, 3.63) is 48.6 Å². The number of hydrogen-bond donors (Lipinski definition) is 0. The molecule has 0 rings (SSSR count). The Hall–Kier alpha value is -2.63. The Bertz CT molecular complexity index is 1040. The minimum atomic E-state index is -0.807. The molecule has 0 heterocycles. The van der Waals surface area contributed by atoms with E-state index in [4.69, 9.17) is 14.2 Å². The fourth-order valence-electron chi connectivity index (χ4n) is 6.95. The second-order valence-electron chi connectivity index (χ2n) is 16.7. The molecular weight excluding hydrogens is 733 g/mol. The van der Waals surface area contributed by atoms with Crippen LogP contribution < -0.4 is 0 Å². The van der Waals surface area contributed by atoms with E-state index in [1.165, 1.54) is 128 Å². The summed E-state index contributed by atoms with van der Waals surface area (Å²) in [5, 5.41) is 0. The highest BCUT2D eigenvalue weighted by Crippen LogP contribution is 2.13. The van der Waals surface area contributed by atoms with Gasteiger partial charge in [0.25, 0.3) is 0 Å². The number of rotatable bonds is 45. The minimum absolute atomic E-state index is 0.103. The molecule has 0 aliphatic rings. The van der Waals surface area contributed by atoms with Crippen molar-refractivity contribution in [2.45, 2.75) is 258 Å². The summed E-state index contributed by atoms with van der Waals surface area (Å²) in [6.07, 6.45) is 56.8. The van der Waals surface area contributed by atoms with Gasteiger partial charge in [0.1, 0.15) is 13.2 Å². The Morgan fingerprint density at radius 1 is 0.339 bits per heavy atom. The van der Waals surface area contributed by atoms with Crippen LogP contribution in [0.2, 0.25) is 0 Å². The average molecular weight is 827 g/mol. The Kier molecular flexibility index (Phi) is 45.9. The average Bonchev–Trinajstić information content (AvgIpc) is 3.23. The van der Waals surface area contributed by atoms with Crippen LogP contribution in [0.25, 0.3) is 0 Å². The van der Waals surface area contributed by atoms with Gasteiger partial charge in [0.2, 0.25) is 0 Å². The summed E-state index contributed by atoms with van der Waals surface area (Å²) < 4.78 is 16.7. The quantitative estimate of drug-likeness (QED) is 0.0263. The van der Waals surface area contributed by atoms with Crippen LogP contribution in [-0.2, 0) is 28.6 Å². The van der Waals surface area contributed by atoms with E-state index in [0.717, 1.165) is 77.0 Å². The molecule has 0 aliphatic carbocycles. The third-order valence-electron chi connectivity index (χ3n) is 10.8. The molecule has 1 unspecified atom stereocenters. The van der Waals surface area contributed by atoms with Gasteiger partial charge < -0.3 is 14.2 Å². The van der Waals surface area contributed by atoms with Gasteiger partial charge in [-0.1, -0.05) is 191 Å². The van der Waals surface area contributed by atoms with Gasteiger partial charge in [-0.05, 0) is 89.9 Å². The first-order chi connectivity index (χ1) is 29.0. The molecule has 342 valence electrons. The second-order valence-corrected chi connectivity index (χ2v) is 16.7. The van der Waals surface area contributed by atoms with Crippen LogP contribution in [-0.4, -0.2) is 37.2 Å². The predicted octanol–water partition coefficient (Wildman–Crippen LogP) is 16.3. The van der Waals surface area contributed by atoms with Crippen LogP contribution in [0.4, 0.5) is 0 Å². The van der Waals surface area contributed by atoms with Crippen LogP contribution in [0.5, 0.6) is 0 Å². The van der Waals surface area contributed by atoms with Crippen molar-refractivity contribution in [2.75, 3.05) is 13.2 Å². The predicted molar refractivity (Wildman–Crippen MR) is 252 cm³/mol.